The summed E-state index contributed by atoms with van der Waals surface area (Å²) in [6.45, 7) is 9.45. The van der Waals surface area contributed by atoms with Crippen molar-refractivity contribution in [2.24, 2.45) is 5.92 Å². The number of aromatic nitrogens is 3. The maximum Gasteiger partial charge on any atom is 0.163 e. The molecule has 0 amide bonds. The van der Waals surface area contributed by atoms with E-state index in [1.807, 2.05) is 25.3 Å². The molecule has 0 unspecified atom stereocenters. The summed E-state index contributed by atoms with van der Waals surface area (Å²) < 4.78 is 0. The smallest absolute Gasteiger partial charge is 0.163 e. The number of aryl methyl sites for hydroxylation is 1. The lowest BCUT2D eigenvalue weighted by molar-refractivity contribution is 0.635. The van der Waals surface area contributed by atoms with Crippen LogP contribution in [0.25, 0.3) is 11.4 Å². The topological polar surface area (TPSA) is 50.7 Å². The summed E-state index contributed by atoms with van der Waals surface area (Å²) in [6, 6.07) is 6.08. The summed E-state index contributed by atoms with van der Waals surface area (Å²) in [7, 11) is 0. The first-order valence-electron chi connectivity index (χ1n) is 7.63. The van der Waals surface area contributed by atoms with E-state index in [2.05, 4.69) is 42.1 Å². The van der Waals surface area contributed by atoms with Crippen molar-refractivity contribution >= 4 is 5.82 Å². The van der Waals surface area contributed by atoms with E-state index in [1.165, 1.54) is 0 Å². The van der Waals surface area contributed by atoms with E-state index in [0.29, 0.717) is 5.92 Å². The highest BCUT2D eigenvalue weighted by Crippen LogP contribution is 2.19. The van der Waals surface area contributed by atoms with E-state index < -0.39 is 0 Å². The fourth-order valence-corrected chi connectivity index (χ4v) is 2.09. The number of pyridine rings is 1. The zero-order valence-corrected chi connectivity index (χ0v) is 13.3. The molecule has 2 aromatic rings. The van der Waals surface area contributed by atoms with Crippen molar-refractivity contribution in [2.45, 2.75) is 40.5 Å². The minimum Gasteiger partial charge on any atom is -0.370 e. The van der Waals surface area contributed by atoms with E-state index >= 15 is 0 Å². The van der Waals surface area contributed by atoms with E-state index in [-0.39, 0.29) is 0 Å². The van der Waals surface area contributed by atoms with Crippen LogP contribution in [0.1, 0.15) is 38.6 Å². The second-order valence-corrected chi connectivity index (χ2v) is 5.78. The molecule has 4 heteroatoms. The van der Waals surface area contributed by atoms with Crippen LogP contribution in [0.15, 0.2) is 24.4 Å². The molecule has 0 bridgehead atoms. The number of nitrogens with one attached hydrogen (secondary N) is 1. The van der Waals surface area contributed by atoms with Crippen LogP contribution >= 0.6 is 0 Å². The van der Waals surface area contributed by atoms with Crippen molar-refractivity contribution in [1.29, 1.82) is 0 Å². The van der Waals surface area contributed by atoms with Gasteiger partial charge in [-0.15, -0.1) is 0 Å². The summed E-state index contributed by atoms with van der Waals surface area (Å²) in [5, 5.41) is 3.36. The van der Waals surface area contributed by atoms with Crippen LogP contribution in [0.5, 0.6) is 0 Å². The van der Waals surface area contributed by atoms with Crippen LogP contribution < -0.4 is 5.32 Å². The van der Waals surface area contributed by atoms with Gasteiger partial charge in [-0.1, -0.05) is 20.8 Å². The van der Waals surface area contributed by atoms with Gasteiger partial charge in [0.2, 0.25) is 0 Å². The van der Waals surface area contributed by atoms with E-state index in [0.717, 1.165) is 48.0 Å². The monoisotopic (exact) mass is 284 g/mol. The minimum atomic E-state index is 0.572. The van der Waals surface area contributed by atoms with Crippen molar-refractivity contribution in [2.75, 3.05) is 11.9 Å². The standard InChI is InChI=1S/C17H24N4/c1-5-8-18-16-10-15(9-12(2)3)20-17(21-16)14-7-6-13(4)19-11-14/h6-7,10-12H,5,8-9H2,1-4H3,(H,18,20,21). The second kappa shape index (κ2) is 7.16. The van der Waals surface area contributed by atoms with Crippen LogP contribution in [-0.4, -0.2) is 21.5 Å². The molecule has 0 aliphatic heterocycles. The summed E-state index contributed by atoms with van der Waals surface area (Å²) in [5.41, 5.74) is 3.04. The molecule has 0 aromatic carbocycles. The highest BCUT2D eigenvalue weighted by Gasteiger charge is 2.08. The Morgan fingerprint density at radius 1 is 1.19 bits per heavy atom. The average Bonchev–Trinajstić information content (AvgIpc) is 2.45. The molecule has 0 fully saturated rings. The third-order valence-electron chi connectivity index (χ3n) is 3.12. The fraction of sp³-hybridized carbons (Fsp3) is 0.471. The van der Waals surface area contributed by atoms with Crippen LogP contribution in [0.3, 0.4) is 0 Å². The van der Waals surface area contributed by atoms with Gasteiger partial charge in [0.05, 0.1) is 0 Å². The summed E-state index contributed by atoms with van der Waals surface area (Å²) in [5.74, 6) is 2.22. The fourth-order valence-electron chi connectivity index (χ4n) is 2.09. The minimum absolute atomic E-state index is 0.572. The molecule has 2 aromatic heterocycles. The Labute approximate surface area is 127 Å². The van der Waals surface area contributed by atoms with Crippen LogP contribution in [0, 0.1) is 12.8 Å². The lowest BCUT2D eigenvalue weighted by Gasteiger charge is -2.11. The largest absolute Gasteiger partial charge is 0.370 e. The molecule has 0 radical (unpaired) electrons. The third-order valence-corrected chi connectivity index (χ3v) is 3.12. The Kier molecular flexibility index (Phi) is 5.26. The number of anilines is 1. The zero-order valence-electron chi connectivity index (χ0n) is 13.3. The van der Waals surface area contributed by atoms with Crippen LogP contribution in [0.2, 0.25) is 0 Å². The molecule has 0 atom stereocenters. The third kappa shape index (κ3) is 4.52. The lowest BCUT2D eigenvalue weighted by atomic mass is 10.1. The van der Waals surface area contributed by atoms with Gasteiger partial charge in [0.1, 0.15) is 5.82 Å². The maximum absolute atomic E-state index is 4.69. The van der Waals surface area contributed by atoms with Crippen molar-refractivity contribution in [1.82, 2.24) is 15.0 Å². The maximum atomic E-state index is 4.69. The molecule has 0 aliphatic rings. The predicted octanol–water partition coefficient (Wildman–Crippen LogP) is 3.87. The number of rotatable bonds is 6. The first kappa shape index (κ1) is 15.4. The van der Waals surface area contributed by atoms with Gasteiger partial charge in [-0.3, -0.25) is 4.98 Å². The molecule has 112 valence electrons. The van der Waals surface area contributed by atoms with Gasteiger partial charge in [0, 0.05) is 35.8 Å². The Morgan fingerprint density at radius 3 is 2.62 bits per heavy atom. The van der Waals surface area contributed by atoms with Crippen molar-refractivity contribution in [3.63, 3.8) is 0 Å². The van der Waals surface area contributed by atoms with Gasteiger partial charge in [-0.25, -0.2) is 9.97 Å². The van der Waals surface area contributed by atoms with Gasteiger partial charge in [0.15, 0.2) is 5.82 Å². The molecular weight excluding hydrogens is 260 g/mol. The molecule has 0 aliphatic carbocycles. The molecule has 0 saturated carbocycles. The Hall–Kier alpha value is -1.97. The normalized spacial score (nSPS) is 10.9. The summed E-state index contributed by atoms with van der Waals surface area (Å²) in [4.78, 5) is 13.6. The Bertz CT molecular complexity index is 576. The molecule has 4 nitrogen and oxygen atoms in total. The highest BCUT2D eigenvalue weighted by atomic mass is 15.0. The molecule has 1 N–H and O–H groups in total. The number of hydrogen-bond donors (Lipinski definition) is 1. The molecule has 21 heavy (non-hydrogen) atoms. The highest BCUT2D eigenvalue weighted by molar-refractivity contribution is 5.56. The first-order valence-corrected chi connectivity index (χ1v) is 7.63. The van der Waals surface area contributed by atoms with Gasteiger partial charge >= 0.3 is 0 Å². The molecule has 2 rings (SSSR count). The van der Waals surface area contributed by atoms with Crippen molar-refractivity contribution < 1.29 is 0 Å². The Morgan fingerprint density at radius 2 is 2.00 bits per heavy atom. The van der Waals surface area contributed by atoms with Gasteiger partial charge in [-0.2, -0.15) is 0 Å². The molecule has 0 saturated heterocycles. The van der Waals surface area contributed by atoms with Gasteiger partial charge in [0.25, 0.3) is 0 Å². The predicted molar refractivity (Wildman–Crippen MR) is 87.3 cm³/mol. The van der Waals surface area contributed by atoms with E-state index in [4.69, 9.17) is 4.98 Å². The number of hydrogen-bond acceptors (Lipinski definition) is 4. The molecule has 0 spiro atoms. The first-order chi connectivity index (χ1) is 10.1. The second-order valence-electron chi connectivity index (χ2n) is 5.78. The van der Waals surface area contributed by atoms with Crippen LogP contribution in [-0.2, 0) is 6.42 Å². The van der Waals surface area contributed by atoms with Gasteiger partial charge < -0.3 is 5.32 Å². The zero-order chi connectivity index (χ0) is 15.2. The SMILES string of the molecule is CCCNc1cc(CC(C)C)nc(-c2ccc(C)nc2)n1. The van der Waals surface area contributed by atoms with Crippen molar-refractivity contribution in [3.8, 4) is 11.4 Å². The quantitative estimate of drug-likeness (QED) is 0.875. The van der Waals surface area contributed by atoms with Crippen LogP contribution in [0.4, 0.5) is 5.82 Å². The summed E-state index contributed by atoms with van der Waals surface area (Å²) >= 11 is 0. The van der Waals surface area contributed by atoms with E-state index in [9.17, 15) is 0 Å². The average molecular weight is 284 g/mol. The lowest BCUT2D eigenvalue weighted by Crippen LogP contribution is -2.07. The number of nitrogens with zero attached hydrogens (tertiary/aromatic N) is 3. The van der Waals surface area contributed by atoms with Crippen molar-refractivity contribution in [3.05, 3.63) is 35.8 Å². The van der Waals surface area contributed by atoms with E-state index in [1.54, 1.807) is 0 Å². The Balaban J connectivity index is 2.36. The molecule has 2 heterocycles. The summed E-state index contributed by atoms with van der Waals surface area (Å²) in [6.07, 6.45) is 3.87. The van der Waals surface area contributed by atoms with Gasteiger partial charge in [-0.05, 0) is 37.8 Å². The molecular formula is C17H24N4.